The summed E-state index contributed by atoms with van der Waals surface area (Å²) in [7, 11) is 0. The summed E-state index contributed by atoms with van der Waals surface area (Å²) >= 11 is 1.65. The summed E-state index contributed by atoms with van der Waals surface area (Å²) < 4.78 is 5.42. The second-order valence-electron chi connectivity index (χ2n) is 3.34. The molecule has 17 heavy (non-hydrogen) atoms. The fourth-order valence-corrected chi connectivity index (χ4v) is 1.93. The molecule has 0 saturated heterocycles. The maximum Gasteiger partial charge on any atom is 0.339 e. The highest BCUT2D eigenvalue weighted by molar-refractivity contribution is 7.99. The number of aliphatic hydroxyl groups is 1. The van der Waals surface area contributed by atoms with Crippen LogP contribution in [0.2, 0.25) is 0 Å². The van der Waals surface area contributed by atoms with Crippen LogP contribution in [-0.2, 0) is 0 Å². The zero-order valence-corrected chi connectivity index (χ0v) is 10.3. The molecule has 0 aliphatic carbocycles. The second kappa shape index (κ2) is 7.97. The fraction of sp³-hybridized carbons (Fsp3) is 0.417. The number of aliphatic hydroxyl groups excluding tert-OH is 1. The molecule has 0 saturated carbocycles. The second-order valence-corrected chi connectivity index (χ2v) is 4.56. The number of benzene rings is 1. The topological polar surface area (TPSA) is 66.8 Å². The van der Waals surface area contributed by atoms with Gasteiger partial charge in [-0.1, -0.05) is 12.1 Å². The first-order valence-electron chi connectivity index (χ1n) is 5.39. The highest BCUT2D eigenvalue weighted by Gasteiger charge is 2.09. The van der Waals surface area contributed by atoms with Gasteiger partial charge in [0.15, 0.2) is 0 Å². The first kappa shape index (κ1) is 13.9. The minimum absolute atomic E-state index is 0.188. The lowest BCUT2D eigenvalue weighted by Crippen LogP contribution is -2.05. The van der Waals surface area contributed by atoms with Crippen LogP contribution in [0, 0.1) is 0 Å². The van der Waals surface area contributed by atoms with Gasteiger partial charge in [-0.15, -0.1) is 0 Å². The van der Waals surface area contributed by atoms with Gasteiger partial charge in [-0.05, 0) is 24.3 Å². The maximum atomic E-state index is 10.9. The smallest absolute Gasteiger partial charge is 0.339 e. The summed E-state index contributed by atoms with van der Waals surface area (Å²) in [4.78, 5) is 10.9. The predicted octanol–water partition coefficient (Wildman–Crippen LogP) is 1.88. The molecule has 0 atom stereocenters. The van der Waals surface area contributed by atoms with Crippen LogP contribution in [0.25, 0.3) is 0 Å². The van der Waals surface area contributed by atoms with Crippen molar-refractivity contribution in [3.63, 3.8) is 0 Å². The number of carbonyl (C=O) groups is 1. The fourth-order valence-electron chi connectivity index (χ4n) is 1.28. The summed E-state index contributed by atoms with van der Waals surface area (Å²) in [5, 5.41) is 17.5. The molecule has 5 heteroatoms. The molecule has 0 unspecified atom stereocenters. The maximum absolute atomic E-state index is 10.9. The summed E-state index contributed by atoms with van der Waals surface area (Å²) in [6.45, 7) is 0.677. The molecule has 0 spiro atoms. The molecule has 94 valence electrons. The monoisotopic (exact) mass is 256 g/mol. The largest absolute Gasteiger partial charge is 0.493 e. The number of carboxylic acids is 1. The number of hydrogen-bond acceptors (Lipinski definition) is 4. The van der Waals surface area contributed by atoms with Crippen molar-refractivity contribution in [3.05, 3.63) is 29.8 Å². The minimum Gasteiger partial charge on any atom is -0.493 e. The standard InChI is InChI=1S/C12H16O4S/c13-6-9-17-8-3-7-16-11-5-2-1-4-10(11)12(14)15/h1-2,4-5,13H,3,6-9H2,(H,14,15). The van der Waals surface area contributed by atoms with E-state index in [-0.39, 0.29) is 12.2 Å². The molecule has 0 aromatic heterocycles. The highest BCUT2D eigenvalue weighted by Crippen LogP contribution is 2.18. The molecule has 1 aromatic carbocycles. The van der Waals surface area contributed by atoms with Gasteiger partial charge < -0.3 is 14.9 Å². The van der Waals surface area contributed by atoms with E-state index in [2.05, 4.69) is 0 Å². The Bertz CT molecular complexity index is 354. The molecule has 0 aliphatic heterocycles. The van der Waals surface area contributed by atoms with Crippen molar-refractivity contribution in [1.29, 1.82) is 0 Å². The van der Waals surface area contributed by atoms with Crippen molar-refractivity contribution in [2.45, 2.75) is 6.42 Å². The molecular weight excluding hydrogens is 240 g/mol. The van der Waals surface area contributed by atoms with Gasteiger partial charge in [0.2, 0.25) is 0 Å². The van der Waals surface area contributed by atoms with Crippen molar-refractivity contribution in [2.75, 3.05) is 24.7 Å². The normalized spacial score (nSPS) is 10.2. The van der Waals surface area contributed by atoms with Crippen molar-refractivity contribution >= 4 is 17.7 Å². The van der Waals surface area contributed by atoms with Gasteiger partial charge in [-0.3, -0.25) is 0 Å². The third-order valence-corrected chi connectivity index (χ3v) is 3.09. The number of ether oxygens (including phenoxy) is 1. The van der Waals surface area contributed by atoms with Crippen LogP contribution in [0.1, 0.15) is 16.8 Å². The molecule has 0 fully saturated rings. The van der Waals surface area contributed by atoms with Gasteiger partial charge in [0.25, 0.3) is 0 Å². The van der Waals surface area contributed by atoms with Gasteiger partial charge in [-0.25, -0.2) is 4.79 Å². The molecule has 4 nitrogen and oxygen atoms in total. The first-order chi connectivity index (χ1) is 8.25. The van der Waals surface area contributed by atoms with Crippen LogP contribution in [0.3, 0.4) is 0 Å². The van der Waals surface area contributed by atoms with Crippen LogP contribution in [0.15, 0.2) is 24.3 Å². The van der Waals surface area contributed by atoms with Crippen LogP contribution in [-0.4, -0.2) is 40.9 Å². The lowest BCUT2D eigenvalue weighted by atomic mass is 10.2. The Morgan fingerprint density at radius 1 is 1.29 bits per heavy atom. The van der Waals surface area contributed by atoms with E-state index in [1.54, 1.807) is 30.0 Å². The molecule has 0 amide bonds. The SMILES string of the molecule is O=C(O)c1ccccc1OCCCSCCO. The quantitative estimate of drug-likeness (QED) is 0.695. The summed E-state index contributed by atoms with van der Waals surface area (Å²) in [5.74, 6) is 1.06. The van der Waals surface area contributed by atoms with Crippen molar-refractivity contribution in [3.8, 4) is 5.75 Å². The Labute approximate surface area is 105 Å². The number of hydrogen-bond donors (Lipinski definition) is 2. The lowest BCUT2D eigenvalue weighted by molar-refractivity contribution is 0.0692. The van der Waals surface area contributed by atoms with E-state index in [0.717, 1.165) is 17.9 Å². The lowest BCUT2D eigenvalue weighted by Gasteiger charge is -2.08. The summed E-state index contributed by atoms with van der Waals surface area (Å²) in [5.41, 5.74) is 0.190. The summed E-state index contributed by atoms with van der Waals surface area (Å²) in [6, 6.07) is 6.61. The van der Waals surface area contributed by atoms with E-state index in [1.165, 1.54) is 6.07 Å². The molecule has 2 N–H and O–H groups in total. The number of carboxylic acid groups (broad SMARTS) is 1. The van der Waals surface area contributed by atoms with E-state index >= 15 is 0 Å². The Kier molecular flexibility index (Phi) is 6.50. The average molecular weight is 256 g/mol. The molecule has 0 radical (unpaired) electrons. The van der Waals surface area contributed by atoms with Crippen molar-refractivity contribution < 1.29 is 19.7 Å². The summed E-state index contributed by atoms with van der Waals surface area (Å²) in [6.07, 6.45) is 0.832. The highest BCUT2D eigenvalue weighted by atomic mass is 32.2. The molecular formula is C12H16O4S. The number of rotatable bonds is 8. The van der Waals surface area contributed by atoms with E-state index in [4.69, 9.17) is 14.9 Å². The van der Waals surface area contributed by atoms with Crippen LogP contribution in [0.5, 0.6) is 5.75 Å². The molecule has 0 heterocycles. The number of thioether (sulfide) groups is 1. The average Bonchev–Trinajstić information content (AvgIpc) is 2.34. The minimum atomic E-state index is -0.977. The van der Waals surface area contributed by atoms with E-state index < -0.39 is 5.97 Å². The molecule has 0 aliphatic rings. The van der Waals surface area contributed by atoms with Gasteiger partial charge in [-0.2, -0.15) is 11.8 Å². The van der Waals surface area contributed by atoms with Gasteiger partial charge in [0, 0.05) is 5.75 Å². The molecule has 1 rings (SSSR count). The third kappa shape index (κ3) is 5.10. The van der Waals surface area contributed by atoms with Gasteiger partial charge in [0.05, 0.1) is 13.2 Å². The Hall–Kier alpha value is -1.20. The van der Waals surface area contributed by atoms with Gasteiger partial charge in [0.1, 0.15) is 11.3 Å². The Balaban J connectivity index is 2.34. The van der Waals surface area contributed by atoms with E-state index in [1.807, 2.05) is 0 Å². The third-order valence-electron chi connectivity index (χ3n) is 2.04. The number of para-hydroxylation sites is 1. The Morgan fingerprint density at radius 3 is 2.76 bits per heavy atom. The Morgan fingerprint density at radius 2 is 2.06 bits per heavy atom. The van der Waals surface area contributed by atoms with Crippen LogP contribution in [0.4, 0.5) is 0 Å². The van der Waals surface area contributed by atoms with Gasteiger partial charge >= 0.3 is 5.97 Å². The molecule has 1 aromatic rings. The van der Waals surface area contributed by atoms with Crippen molar-refractivity contribution in [1.82, 2.24) is 0 Å². The zero-order valence-electron chi connectivity index (χ0n) is 9.46. The van der Waals surface area contributed by atoms with Crippen molar-refractivity contribution in [2.24, 2.45) is 0 Å². The number of aromatic carboxylic acids is 1. The van der Waals surface area contributed by atoms with Crippen LogP contribution >= 0.6 is 11.8 Å². The molecule has 0 bridgehead atoms. The predicted molar refractivity (Wildman–Crippen MR) is 67.9 cm³/mol. The van der Waals surface area contributed by atoms with Crippen LogP contribution < -0.4 is 4.74 Å². The van der Waals surface area contributed by atoms with E-state index in [9.17, 15) is 4.79 Å². The zero-order chi connectivity index (χ0) is 12.5. The van der Waals surface area contributed by atoms with E-state index in [0.29, 0.717) is 12.4 Å². The first-order valence-corrected chi connectivity index (χ1v) is 6.55.